The molecular formula is C32H41NO7S. The Kier molecular flexibility index (Phi) is 13.0. The first-order valence-electron chi connectivity index (χ1n) is 13.9. The SMILES string of the molecule is CCCCCc1cc(CC(=O)O)c(C/C=C(\C)CCC=C(C)C)c(CC(=O)O)c1C(=O)NS(=O)(=O)c1ccccc1. The molecule has 0 heterocycles. The van der Waals surface area contributed by atoms with Gasteiger partial charge < -0.3 is 10.2 Å². The summed E-state index contributed by atoms with van der Waals surface area (Å²) in [5.41, 5.74) is 3.67. The van der Waals surface area contributed by atoms with Crippen molar-refractivity contribution in [3.8, 4) is 0 Å². The number of aryl methyl sites for hydroxylation is 1. The molecule has 0 aromatic heterocycles. The number of unbranched alkanes of at least 4 members (excludes halogenated alkanes) is 2. The van der Waals surface area contributed by atoms with E-state index >= 15 is 0 Å². The monoisotopic (exact) mass is 583 g/mol. The van der Waals surface area contributed by atoms with E-state index in [9.17, 15) is 33.0 Å². The van der Waals surface area contributed by atoms with Crippen LogP contribution in [0.3, 0.4) is 0 Å². The number of rotatable bonds is 16. The van der Waals surface area contributed by atoms with E-state index in [1.54, 1.807) is 12.1 Å². The van der Waals surface area contributed by atoms with Gasteiger partial charge in [-0.1, -0.05) is 67.3 Å². The fraction of sp³-hybridized carbons (Fsp3) is 0.406. The normalized spacial score (nSPS) is 11.7. The number of carbonyl (C=O) groups excluding carboxylic acids is 1. The third-order valence-corrected chi connectivity index (χ3v) is 8.04. The second-order valence-electron chi connectivity index (χ2n) is 10.4. The topological polar surface area (TPSA) is 138 Å². The number of carboxylic acids is 2. The summed E-state index contributed by atoms with van der Waals surface area (Å²) in [4.78, 5) is 37.5. The zero-order chi connectivity index (χ0) is 30.6. The van der Waals surface area contributed by atoms with E-state index in [1.165, 1.54) is 29.8 Å². The fourth-order valence-electron chi connectivity index (χ4n) is 4.67. The lowest BCUT2D eigenvalue weighted by Crippen LogP contribution is -2.33. The van der Waals surface area contributed by atoms with Crippen molar-refractivity contribution in [2.75, 3.05) is 0 Å². The first kappa shape index (κ1) is 33.5. The zero-order valence-electron chi connectivity index (χ0n) is 24.3. The van der Waals surface area contributed by atoms with E-state index in [1.807, 2.05) is 33.8 Å². The summed E-state index contributed by atoms with van der Waals surface area (Å²) in [6.07, 6.45) is 7.72. The Morgan fingerprint density at radius 2 is 1.54 bits per heavy atom. The van der Waals surface area contributed by atoms with Crippen molar-refractivity contribution < 1.29 is 33.0 Å². The molecule has 0 saturated heterocycles. The van der Waals surface area contributed by atoms with Crippen molar-refractivity contribution >= 4 is 27.9 Å². The molecule has 2 rings (SSSR count). The molecule has 2 aromatic carbocycles. The number of carbonyl (C=O) groups is 3. The molecule has 2 aromatic rings. The number of hydrogen-bond donors (Lipinski definition) is 3. The van der Waals surface area contributed by atoms with Crippen LogP contribution in [0.15, 0.2) is 64.6 Å². The molecule has 0 bridgehead atoms. The Labute approximate surface area is 243 Å². The van der Waals surface area contributed by atoms with Crippen LogP contribution >= 0.6 is 0 Å². The van der Waals surface area contributed by atoms with Crippen LogP contribution in [0.2, 0.25) is 0 Å². The summed E-state index contributed by atoms with van der Waals surface area (Å²) in [6, 6.07) is 9.09. The highest BCUT2D eigenvalue weighted by molar-refractivity contribution is 7.90. The van der Waals surface area contributed by atoms with Crippen LogP contribution in [0, 0.1) is 0 Å². The highest BCUT2D eigenvalue weighted by Gasteiger charge is 2.27. The number of benzene rings is 2. The lowest BCUT2D eigenvalue weighted by Gasteiger charge is -2.21. The van der Waals surface area contributed by atoms with Gasteiger partial charge in [-0.2, -0.15) is 0 Å². The number of nitrogens with one attached hydrogen (secondary N) is 1. The van der Waals surface area contributed by atoms with Gasteiger partial charge in [0.1, 0.15) is 0 Å². The quantitative estimate of drug-likeness (QED) is 0.162. The van der Waals surface area contributed by atoms with E-state index in [2.05, 4.69) is 10.8 Å². The minimum atomic E-state index is -4.24. The molecule has 0 aliphatic carbocycles. The molecular weight excluding hydrogens is 542 g/mol. The molecule has 0 unspecified atom stereocenters. The summed E-state index contributed by atoms with van der Waals surface area (Å²) in [5.74, 6) is -3.22. The molecule has 0 fully saturated rings. The van der Waals surface area contributed by atoms with Crippen LogP contribution in [0.1, 0.15) is 92.4 Å². The van der Waals surface area contributed by atoms with Gasteiger partial charge in [-0.25, -0.2) is 13.1 Å². The molecule has 41 heavy (non-hydrogen) atoms. The Bertz CT molecular complexity index is 1400. The Balaban J connectivity index is 2.73. The number of carboxylic acid groups (broad SMARTS) is 2. The first-order valence-corrected chi connectivity index (χ1v) is 15.3. The maximum atomic E-state index is 13.7. The predicted octanol–water partition coefficient (Wildman–Crippen LogP) is 6.03. The highest BCUT2D eigenvalue weighted by atomic mass is 32.2. The van der Waals surface area contributed by atoms with E-state index in [-0.39, 0.29) is 28.9 Å². The smallest absolute Gasteiger partial charge is 0.307 e. The summed E-state index contributed by atoms with van der Waals surface area (Å²) in [6.45, 7) is 8.00. The number of aliphatic carboxylic acids is 2. The van der Waals surface area contributed by atoms with Crippen LogP contribution in [0.25, 0.3) is 0 Å². The number of allylic oxidation sites excluding steroid dienone is 4. The van der Waals surface area contributed by atoms with E-state index in [0.29, 0.717) is 29.5 Å². The van der Waals surface area contributed by atoms with Gasteiger partial charge in [0.15, 0.2) is 0 Å². The average Bonchev–Trinajstić information content (AvgIpc) is 2.87. The third kappa shape index (κ3) is 10.6. The third-order valence-electron chi connectivity index (χ3n) is 6.70. The van der Waals surface area contributed by atoms with Crippen molar-refractivity contribution in [1.82, 2.24) is 4.72 Å². The van der Waals surface area contributed by atoms with Crippen LogP contribution < -0.4 is 4.72 Å². The maximum absolute atomic E-state index is 13.7. The standard InChI is InChI=1S/C32H41NO7S/c1-5-6-8-14-24-19-25(20-29(34)35)27(18-17-23(4)13-11-12-22(2)3)28(21-30(36)37)31(24)32(38)33-41(39,40)26-15-9-7-10-16-26/h7,9-10,12,15-17,19H,5-6,8,11,13-14,18,20-21H2,1-4H3,(H,33,38)(H,34,35)(H,36,37)/b23-17+. The van der Waals surface area contributed by atoms with Gasteiger partial charge in [0.2, 0.25) is 0 Å². The first-order chi connectivity index (χ1) is 19.4. The van der Waals surface area contributed by atoms with Crippen molar-refractivity contribution in [2.45, 2.75) is 90.4 Å². The van der Waals surface area contributed by atoms with Crippen LogP contribution in [0.4, 0.5) is 0 Å². The van der Waals surface area contributed by atoms with Gasteiger partial charge in [-0.15, -0.1) is 0 Å². The minimum Gasteiger partial charge on any atom is -0.481 e. The number of amides is 1. The van der Waals surface area contributed by atoms with Gasteiger partial charge >= 0.3 is 11.9 Å². The molecule has 0 spiro atoms. The lowest BCUT2D eigenvalue weighted by molar-refractivity contribution is -0.137. The summed E-state index contributed by atoms with van der Waals surface area (Å²) >= 11 is 0. The molecule has 0 saturated carbocycles. The van der Waals surface area contributed by atoms with Crippen molar-refractivity contribution in [3.63, 3.8) is 0 Å². The van der Waals surface area contributed by atoms with E-state index in [4.69, 9.17) is 0 Å². The van der Waals surface area contributed by atoms with Gasteiger partial charge in [0.05, 0.1) is 17.7 Å². The minimum absolute atomic E-state index is 0.0113. The predicted molar refractivity (Wildman–Crippen MR) is 160 cm³/mol. The Morgan fingerprint density at radius 1 is 0.878 bits per heavy atom. The molecule has 3 N–H and O–H groups in total. The molecule has 0 atom stereocenters. The van der Waals surface area contributed by atoms with Gasteiger partial charge in [0, 0.05) is 5.56 Å². The Hall–Kier alpha value is -3.72. The Morgan fingerprint density at radius 3 is 2.12 bits per heavy atom. The van der Waals surface area contributed by atoms with Crippen LogP contribution in [0.5, 0.6) is 0 Å². The molecule has 222 valence electrons. The van der Waals surface area contributed by atoms with Crippen molar-refractivity contribution in [1.29, 1.82) is 0 Å². The van der Waals surface area contributed by atoms with E-state index in [0.717, 1.165) is 31.3 Å². The highest BCUT2D eigenvalue weighted by Crippen LogP contribution is 2.29. The van der Waals surface area contributed by atoms with Crippen LogP contribution in [-0.2, 0) is 45.3 Å². The van der Waals surface area contributed by atoms with Gasteiger partial charge in [-0.3, -0.25) is 14.4 Å². The van der Waals surface area contributed by atoms with Gasteiger partial charge in [0.25, 0.3) is 15.9 Å². The maximum Gasteiger partial charge on any atom is 0.307 e. The molecule has 9 heteroatoms. The summed E-state index contributed by atoms with van der Waals surface area (Å²) < 4.78 is 28.2. The number of sulfonamides is 1. The molecule has 0 radical (unpaired) electrons. The lowest BCUT2D eigenvalue weighted by atomic mass is 9.84. The van der Waals surface area contributed by atoms with E-state index < -0.39 is 34.3 Å². The average molecular weight is 584 g/mol. The summed E-state index contributed by atoms with van der Waals surface area (Å²) in [5, 5.41) is 19.5. The summed E-state index contributed by atoms with van der Waals surface area (Å²) in [7, 11) is -4.24. The van der Waals surface area contributed by atoms with Crippen molar-refractivity contribution in [2.24, 2.45) is 0 Å². The largest absolute Gasteiger partial charge is 0.481 e. The van der Waals surface area contributed by atoms with Gasteiger partial charge in [-0.05, 0) is 87.3 Å². The zero-order valence-corrected chi connectivity index (χ0v) is 25.1. The second-order valence-corrected chi connectivity index (χ2v) is 12.1. The molecule has 0 aliphatic heterocycles. The fourth-order valence-corrected chi connectivity index (χ4v) is 5.65. The molecule has 1 amide bonds. The number of hydrogen-bond acceptors (Lipinski definition) is 5. The van der Waals surface area contributed by atoms with Crippen molar-refractivity contribution in [3.05, 3.63) is 87.5 Å². The molecule has 0 aliphatic rings. The molecule has 8 nitrogen and oxygen atoms in total. The van der Waals surface area contributed by atoms with Crippen LogP contribution in [-0.4, -0.2) is 36.5 Å². The second kappa shape index (κ2) is 15.9.